The molecule has 0 heterocycles. The van der Waals surface area contributed by atoms with E-state index in [1.54, 1.807) is 6.07 Å². The number of rotatable bonds is 3. The largest absolute Gasteiger partial charge is 0.328 e. The lowest BCUT2D eigenvalue weighted by Gasteiger charge is -2.25. The minimum atomic E-state index is -0.274. The fourth-order valence-corrected chi connectivity index (χ4v) is 2.68. The number of nitrogens with two attached hydrogens (primary N) is 1. The number of aryl methyl sites for hydroxylation is 1. The molecule has 0 bridgehead atoms. The van der Waals surface area contributed by atoms with Gasteiger partial charge in [-0.1, -0.05) is 12.5 Å². The minimum absolute atomic E-state index is 0.0661. The summed E-state index contributed by atoms with van der Waals surface area (Å²) >= 11 is 0. The van der Waals surface area contributed by atoms with Crippen LogP contribution in [0, 0.1) is 18.7 Å². The predicted octanol–water partition coefficient (Wildman–Crippen LogP) is 2.76. The SMILES string of the molecule is Cc1ccc(F)cc1CC(=O)C1CCCC(N)C1. The van der Waals surface area contributed by atoms with Gasteiger partial charge in [-0.25, -0.2) is 4.39 Å². The van der Waals surface area contributed by atoms with Crippen LogP contribution in [0.5, 0.6) is 0 Å². The second-order valence-corrected chi connectivity index (χ2v) is 5.34. The molecule has 3 heteroatoms. The number of halogens is 1. The Balaban J connectivity index is 2.04. The number of ketones is 1. The smallest absolute Gasteiger partial charge is 0.140 e. The Morgan fingerprint density at radius 1 is 1.44 bits per heavy atom. The second kappa shape index (κ2) is 5.61. The topological polar surface area (TPSA) is 43.1 Å². The first-order valence-corrected chi connectivity index (χ1v) is 6.59. The lowest BCUT2D eigenvalue weighted by Crippen LogP contribution is -2.32. The van der Waals surface area contributed by atoms with Crippen molar-refractivity contribution in [3.63, 3.8) is 0 Å². The Kier molecular flexibility index (Phi) is 4.12. The van der Waals surface area contributed by atoms with E-state index in [1.165, 1.54) is 12.1 Å². The molecule has 1 aliphatic carbocycles. The van der Waals surface area contributed by atoms with Crippen LogP contribution in [0.2, 0.25) is 0 Å². The second-order valence-electron chi connectivity index (χ2n) is 5.34. The molecule has 2 unspecified atom stereocenters. The molecular weight excluding hydrogens is 229 g/mol. The van der Waals surface area contributed by atoms with Gasteiger partial charge in [0.2, 0.25) is 0 Å². The summed E-state index contributed by atoms with van der Waals surface area (Å²) in [5.74, 6) is -0.000914. The Labute approximate surface area is 107 Å². The molecule has 2 N–H and O–H groups in total. The molecule has 1 aromatic rings. The molecule has 0 radical (unpaired) electrons. The van der Waals surface area contributed by atoms with E-state index in [0.29, 0.717) is 6.42 Å². The maximum absolute atomic E-state index is 13.2. The number of benzene rings is 1. The molecule has 2 atom stereocenters. The molecule has 1 saturated carbocycles. The van der Waals surface area contributed by atoms with Crippen molar-refractivity contribution in [1.82, 2.24) is 0 Å². The maximum atomic E-state index is 13.2. The van der Waals surface area contributed by atoms with Gasteiger partial charge in [0.1, 0.15) is 11.6 Å². The standard InChI is InChI=1S/C15H20FNO/c1-10-5-6-13(16)7-12(10)9-15(18)11-3-2-4-14(17)8-11/h5-7,11,14H,2-4,8-9,17H2,1H3. The molecule has 0 aromatic heterocycles. The van der Waals surface area contributed by atoms with E-state index < -0.39 is 0 Å². The van der Waals surface area contributed by atoms with Gasteiger partial charge in [-0.05, 0) is 49.4 Å². The van der Waals surface area contributed by atoms with Crippen molar-refractivity contribution in [3.05, 3.63) is 35.1 Å². The summed E-state index contributed by atoms with van der Waals surface area (Å²) in [4.78, 5) is 12.2. The normalized spacial score (nSPS) is 23.9. The molecule has 2 rings (SSSR count). The van der Waals surface area contributed by atoms with E-state index in [0.717, 1.165) is 36.8 Å². The van der Waals surface area contributed by atoms with Crippen LogP contribution in [0.25, 0.3) is 0 Å². The third kappa shape index (κ3) is 3.16. The lowest BCUT2D eigenvalue weighted by atomic mass is 9.81. The van der Waals surface area contributed by atoms with Gasteiger partial charge in [-0.15, -0.1) is 0 Å². The zero-order valence-electron chi connectivity index (χ0n) is 10.8. The van der Waals surface area contributed by atoms with E-state index in [4.69, 9.17) is 5.73 Å². The summed E-state index contributed by atoms with van der Waals surface area (Å²) in [6.07, 6.45) is 4.09. The molecule has 0 saturated heterocycles. The van der Waals surface area contributed by atoms with E-state index in [9.17, 15) is 9.18 Å². The summed E-state index contributed by atoms with van der Waals surface area (Å²) in [6.45, 7) is 1.91. The molecule has 1 aromatic carbocycles. The van der Waals surface area contributed by atoms with Crippen LogP contribution in [-0.4, -0.2) is 11.8 Å². The summed E-state index contributed by atoms with van der Waals surface area (Å²) in [5, 5.41) is 0. The Hall–Kier alpha value is -1.22. The van der Waals surface area contributed by atoms with Gasteiger partial charge in [0, 0.05) is 18.4 Å². The molecule has 98 valence electrons. The molecule has 0 aliphatic heterocycles. The summed E-state index contributed by atoms with van der Waals surface area (Å²) in [7, 11) is 0. The fraction of sp³-hybridized carbons (Fsp3) is 0.533. The highest BCUT2D eigenvalue weighted by Crippen LogP contribution is 2.25. The van der Waals surface area contributed by atoms with Crippen molar-refractivity contribution in [1.29, 1.82) is 0 Å². The fourth-order valence-electron chi connectivity index (χ4n) is 2.68. The third-order valence-corrected chi connectivity index (χ3v) is 3.85. The highest BCUT2D eigenvalue weighted by molar-refractivity contribution is 5.83. The van der Waals surface area contributed by atoms with Crippen LogP contribution in [0.1, 0.15) is 36.8 Å². The number of hydrogen-bond acceptors (Lipinski definition) is 2. The summed E-state index contributed by atoms with van der Waals surface area (Å²) < 4.78 is 13.2. The molecule has 2 nitrogen and oxygen atoms in total. The Morgan fingerprint density at radius 2 is 2.22 bits per heavy atom. The van der Waals surface area contributed by atoms with E-state index in [-0.39, 0.29) is 23.6 Å². The van der Waals surface area contributed by atoms with Gasteiger partial charge < -0.3 is 5.73 Å². The van der Waals surface area contributed by atoms with Crippen molar-refractivity contribution in [2.75, 3.05) is 0 Å². The predicted molar refractivity (Wildman–Crippen MR) is 69.8 cm³/mol. The molecular formula is C15H20FNO. The lowest BCUT2D eigenvalue weighted by molar-refractivity contribution is -0.123. The number of carbonyl (C=O) groups excluding carboxylic acids is 1. The number of hydrogen-bond donors (Lipinski definition) is 1. The van der Waals surface area contributed by atoms with Gasteiger partial charge in [0.25, 0.3) is 0 Å². The van der Waals surface area contributed by atoms with Gasteiger partial charge in [0.15, 0.2) is 0 Å². The molecule has 1 fully saturated rings. The van der Waals surface area contributed by atoms with Crippen LogP contribution in [0.3, 0.4) is 0 Å². The first kappa shape index (κ1) is 13.2. The molecule has 1 aliphatic rings. The van der Waals surface area contributed by atoms with Gasteiger partial charge in [-0.3, -0.25) is 4.79 Å². The zero-order valence-corrected chi connectivity index (χ0v) is 10.8. The number of carbonyl (C=O) groups is 1. The van der Waals surface area contributed by atoms with Crippen molar-refractivity contribution < 1.29 is 9.18 Å². The van der Waals surface area contributed by atoms with Gasteiger partial charge in [-0.2, -0.15) is 0 Å². The van der Waals surface area contributed by atoms with Gasteiger partial charge >= 0.3 is 0 Å². The van der Waals surface area contributed by atoms with Crippen LogP contribution in [0.15, 0.2) is 18.2 Å². The zero-order chi connectivity index (χ0) is 13.1. The Bertz CT molecular complexity index is 444. The monoisotopic (exact) mass is 249 g/mol. The van der Waals surface area contributed by atoms with Crippen LogP contribution in [0.4, 0.5) is 4.39 Å². The van der Waals surface area contributed by atoms with Crippen molar-refractivity contribution in [2.45, 2.75) is 45.1 Å². The minimum Gasteiger partial charge on any atom is -0.328 e. The molecule has 0 spiro atoms. The van der Waals surface area contributed by atoms with E-state index in [2.05, 4.69) is 0 Å². The maximum Gasteiger partial charge on any atom is 0.140 e. The van der Waals surface area contributed by atoms with Gasteiger partial charge in [0.05, 0.1) is 0 Å². The van der Waals surface area contributed by atoms with E-state index in [1.807, 2.05) is 6.92 Å². The summed E-state index contributed by atoms with van der Waals surface area (Å²) in [6, 6.07) is 4.78. The first-order chi connectivity index (χ1) is 8.56. The highest BCUT2D eigenvalue weighted by Gasteiger charge is 2.25. The summed E-state index contributed by atoms with van der Waals surface area (Å²) in [5.41, 5.74) is 7.68. The highest BCUT2D eigenvalue weighted by atomic mass is 19.1. The quantitative estimate of drug-likeness (QED) is 0.895. The third-order valence-electron chi connectivity index (χ3n) is 3.85. The van der Waals surface area contributed by atoms with Crippen LogP contribution < -0.4 is 5.73 Å². The average molecular weight is 249 g/mol. The molecule has 18 heavy (non-hydrogen) atoms. The average Bonchev–Trinajstić information content (AvgIpc) is 2.34. The Morgan fingerprint density at radius 3 is 2.94 bits per heavy atom. The number of Topliss-reactive ketones (excluding diaryl/α,β-unsaturated/α-hetero) is 1. The van der Waals surface area contributed by atoms with Crippen LogP contribution >= 0.6 is 0 Å². The first-order valence-electron chi connectivity index (χ1n) is 6.59. The van der Waals surface area contributed by atoms with E-state index >= 15 is 0 Å². The van der Waals surface area contributed by atoms with Crippen LogP contribution in [-0.2, 0) is 11.2 Å². The van der Waals surface area contributed by atoms with Crippen molar-refractivity contribution in [2.24, 2.45) is 11.7 Å². The van der Waals surface area contributed by atoms with Crippen molar-refractivity contribution >= 4 is 5.78 Å². The van der Waals surface area contributed by atoms with Crippen molar-refractivity contribution in [3.8, 4) is 0 Å². The molecule has 0 amide bonds.